The van der Waals surface area contributed by atoms with Crippen LogP contribution < -0.4 is 20.3 Å². The van der Waals surface area contributed by atoms with Crippen molar-refractivity contribution in [1.82, 2.24) is 20.6 Å². The first-order chi connectivity index (χ1) is 14.7. The van der Waals surface area contributed by atoms with E-state index < -0.39 is 0 Å². The number of rotatable bonds is 11. The Balaban J connectivity index is 1.55. The van der Waals surface area contributed by atoms with Gasteiger partial charge in [-0.25, -0.2) is 5.43 Å². The van der Waals surface area contributed by atoms with Crippen LogP contribution in [0.3, 0.4) is 0 Å². The molecular weight excluding hydrogens is 386 g/mol. The Labute approximate surface area is 174 Å². The average molecular weight is 411 g/mol. The molecule has 0 aliphatic carbocycles. The number of nitrogens with one attached hydrogen (secondary N) is 2. The number of carbonyl (C=O) groups excluding carboxylic acids is 1. The fourth-order valence-electron chi connectivity index (χ4n) is 2.71. The maximum atomic E-state index is 12.4. The van der Waals surface area contributed by atoms with E-state index in [0.29, 0.717) is 29.5 Å². The molecule has 1 amide bonds. The normalized spacial score (nSPS) is 10.5. The summed E-state index contributed by atoms with van der Waals surface area (Å²) in [6, 6.07) is 8.59. The lowest BCUT2D eigenvalue weighted by molar-refractivity contribution is 0.0960. The molecule has 0 saturated carbocycles. The van der Waals surface area contributed by atoms with Crippen LogP contribution in [-0.2, 0) is 0 Å². The van der Waals surface area contributed by atoms with Gasteiger partial charge in [0, 0.05) is 23.5 Å². The number of hydrazine groups is 1. The number of methoxy groups -OCH3 is 1. The second-order valence-electron chi connectivity index (χ2n) is 6.51. The number of pyridine rings is 1. The number of anilines is 1. The van der Waals surface area contributed by atoms with Crippen molar-refractivity contribution >= 4 is 11.9 Å². The van der Waals surface area contributed by atoms with Gasteiger partial charge in [-0.3, -0.25) is 15.2 Å². The highest BCUT2D eigenvalue weighted by Gasteiger charge is 2.13. The van der Waals surface area contributed by atoms with Crippen LogP contribution in [0.25, 0.3) is 11.4 Å². The highest BCUT2D eigenvalue weighted by atomic mass is 16.5. The molecule has 0 aliphatic heterocycles. The smallest absolute Gasteiger partial charge is 0.340 e. The van der Waals surface area contributed by atoms with Gasteiger partial charge in [-0.15, -0.1) is 0 Å². The molecule has 2 heterocycles. The Morgan fingerprint density at radius 2 is 1.93 bits per heavy atom. The number of unbranched alkanes of at least 4 members (excludes halogenated alkanes) is 3. The van der Waals surface area contributed by atoms with Crippen molar-refractivity contribution in [3.05, 3.63) is 48.3 Å². The van der Waals surface area contributed by atoms with Gasteiger partial charge in [0.05, 0.1) is 13.7 Å². The van der Waals surface area contributed by atoms with Crippen LogP contribution in [0, 0.1) is 0 Å². The Kier molecular flexibility index (Phi) is 7.59. The third kappa shape index (κ3) is 5.69. The number of aromatic nitrogens is 3. The van der Waals surface area contributed by atoms with Crippen LogP contribution in [0.15, 0.2) is 47.2 Å². The van der Waals surface area contributed by atoms with Crippen molar-refractivity contribution in [1.29, 1.82) is 0 Å². The number of benzene rings is 1. The van der Waals surface area contributed by atoms with Crippen molar-refractivity contribution in [2.45, 2.75) is 32.6 Å². The van der Waals surface area contributed by atoms with E-state index in [0.717, 1.165) is 18.4 Å². The van der Waals surface area contributed by atoms with Crippen molar-refractivity contribution in [3.8, 4) is 22.9 Å². The summed E-state index contributed by atoms with van der Waals surface area (Å²) in [5, 5.41) is 3.86. The zero-order valence-electron chi connectivity index (χ0n) is 17.1. The molecule has 1 aromatic carbocycles. The van der Waals surface area contributed by atoms with E-state index in [9.17, 15) is 4.79 Å². The SMILES string of the molecule is CCCCCCOc1ccc(C(=O)NNc2nc(-c3ccncc3)no2)cc1OC. The summed E-state index contributed by atoms with van der Waals surface area (Å²) < 4.78 is 16.2. The summed E-state index contributed by atoms with van der Waals surface area (Å²) in [5.74, 6) is 1.11. The zero-order chi connectivity index (χ0) is 21.2. The molecule has 158 valence electrons. The molecule has 9 nitrogen and oxygen atoms in total. The van der Waals surface area contributed by atoms with Gasteiger partial charge in [-0.1, -0.05) is 31.3 Å². The summed E-state index contributed by atoms with van der Waals surface area (Å²) in [7, 11) is 1.54. The number of nitrogens with zero attached hydrogens (tertiary/aromatic N) is 3. The summed E-state index contributed by atoms with van der Waals surface area (Å²) in [5.41, 5.74) is 6.28. The predicted octanol–water partition coefficient (Wildman–Crippen LogP) is 3.86. The lowest BCUT2D eigenvalue weighted by atomic mass is 10.2. The van der Waals surface area contributed by atoms with E-state index in [4.69, 9.17) is 14.0 Å². The molecule has 2 aromatic heterocycles. The Hall–Kier alpha value is -3.62. The quantitative estimate of drug-likeness (QED) is 0.361. The molecule has 0 atom stereocenters. The molecule has 3 rings (SSSR count). The Bertz CT molecular complexity index is 946. The molecule has 0 saturated heterocycles. The van der Waals surface area contributed by atoms with Crippen molar-refractivity contribution < 1.29 is 18.8 Å². The first kappa shape index (κ1) is 21.1. The third-order valence-electron chi connectivity index (χ3n) is 4.33. The summed E-state index contributed by atoms with van der Waals surface area (Å²) in [6.07, 6.45) is 7.74. The van der Waals surface area contributed by atoms with E-state index in [1.165, 1.54) is 20.0 Å². The number of ether oxygens (including phenoxy) is 2. The summed E-state index contributed by atoms with van der Waals surface area (Å²) >= 11 is 0. The molecule has 9 heteroatoms. The molecule has 30 heavy (non-hydrogen) atoms. The summed E-state index contributed by atoms with van der Waals surface area (Å²) in [4.78, 5) is 20.6. The van der Waals surface area contributed by atoms with Gasteiger partial charge in [-0.2, -0.15) is 4.98 Å². The maximum absolute atomic E-state index is 12.4. The first-order valence-corrected chi connectivity index (χ1v) is 9.82. The van der Waals surface area contributed by atoms with E-state index in [1.807, 2.05) is 0 Å². The van der Waals surface area contributed by atoms with E-state index in [-0.39, 0.29) is 11.9 Å². The topological polar surface area (TPSA) is 111 Å². The Morgan fingerprint density at radius 1 is 1.10 bits per heavy atom. The highest BCUT2D eigenvalue weighted by Crippen LogP contribution is 2.28. The molecule has 3 aromatic rings. The predicted molar refractivity (Wildman–Crippen MR) is 111 cm³/mol. The molecular formula is C21H25N5O4. The minimum absolute atomic E-state index is 0.0640. The lowest BCUT2D eigenvalue weighted by Gasteiger charge is -2.12. The molecule has 0 aliphatic rings. The van der Waals surface area contributed by atoms with Crippen molar-refractivity contribution in [2.24, 2.45) is 0 Å². The zero-order valence-corrected chi connectivity index (χ0v) is 17.1. The molecule has 2 N–H and O–H groups in total. The van der Waals surface area contributed by atoms with Gasteiger partial charge < -0.3 is 14.0 Å². The van der Waals surface area contributed by atoms with Gasteiger partial charge in [-0.05, 0) is 36.8 Å². The molecule has 0 spiro atoms. The monoisotopic (exact) mass is 411 g/mol. The second-order valence-corrected chi connectivity index (χ2v) is 6.51. The molecule has 0 unspecified atom stereocenters. The van der Waals surface area contributed by atoms with E-state index >= 15 is 0 Å². The van der Waals surface area contributed by atoms with Crippen molar-refractivity contribution in [3.63, 3.8) is 0 Å². The second kappa shape index (κ2) is 10.8. The van der Waals surface area contributed by atoms with Crippen LogP contribution in [0.2, 0.25) is 0 Å². The molecule has 0 fully saturated rings. The molecule has 0 radical (unpaired) electrons. The fraction of sp³-hybridized carbons (Fsp3) is 0.333. The number of hydrogen-bond donors (Lipinski definition) is 2. The number of carbonyl (C=O) groups is 1. The maximum Gasteiger partial charge on any atom is 0.340 e. The van der Waals surface area contributed by atoms with Crippen LogP contribution in [-0.4, -0.2) is 34.7 Å². The van der Waals surface area contributed by atoms with E-state index in [1.54, 1.807) is 42.7 Å². The van der Waals surface area contributed by atoms with Gasteiger partial charge in [0.15, 0.2) is 11.5 Å². The minimum Gasteiger partial charge on any atom is -0.493 e. The van der Waals surface area contributed by atoms with Crippen molar-refractivity contribution in [2.75, 3.05) is 19.1 Å². The average Bonchev–Trinajstić information content (AvgIpc) is 3.27. The van der Waals surface area contributed by atoms with E-state index in [2.05, 4.69) is 32.9 Å². The largest absolute Gasteiger partial charge is 0.493 e. The van der Waals surface area contributed by atoms with Gasteiger partial charge in [0.25, 0.3) is 5.91 Å². The Morgan fingerprint density at radius 3 is 2.70 bits per heavy atom. The highest BCUT2D eigenvalue weighted by molar-refractivity contribution is 5.95. The standard InChI is InChI=1S/C21H25N5O4/c1-3-4-5-6-13-29-17-8-7-16(14-18(17)28-2)20(27)24-25-21-23-19(26-30-21)15-9-11-22-12-10-15/h7-12,14H,3-6,13H2,1-2H3,(H,24,27)(H,23,25,26). The van der Waals surface area contributed by atoms with Crippen LogP contribution in [0.1, 0.15) is 43.0 Å². The van der Waals surface area contributed by atoms with Crippen LogP contribution in [0.4, 0.5) is 6.01 Å². The number of amides is 1. The lowest BCUT2D eigenvalue weighted by Crippen LogP contribution is -2.29. The van der Waals surface area contributed by atoms with Crippen LogP contribution >= 0.6 is 0 Å². The summed E-state index contributed by atoms with van der Waals surface area (Å²) in [6.45, 7) is 2.78. The third-order valence-corrected chi connectivity index (χ3v) is 4.33. The first-order valence-electron chi connectivity index (χ1n) is 9.82. The van der Waals surface area contributed by atoms with Gasteiger partial charge in [0.1, 0.15) is 0 Å². The fourth-order valence-corrected chi connectivity index (χ4v) is 2.71. The minimum atomic E-state index is -0.383. The van der Waals surface area contributed by atoms with Crippen LogP contribution in [0.5, 0.6) is 11.5 Å². The molecule has 0 bridgehead atoms. The van der Waals surface area contributed by atoms with Gasteiger partial charge >= 0.3 is 6.01 Å². The number of hydrogen-bond acceptors (Lipinski definition) is 8. The van der Waals surface area contributed by atoms with Gasteiger partial charge in [0.2, 0.25) is 5.82 Å².